The van der Waals surface area contributed by atoms with Crippen LogP contribution >= 0.6 is 11.6 Å². The maximum atomic E-state index is 12.1. The Morgan fingerprint density at radius 2 is 1.95 bits per heavy atom. The molecule has 0 aromatic heterocycles. The second kappa shape index (κ2) is 5.66. The Balaban J connectivity index is 1.63. The van der Waals surface area contributed by atoms with Crippen molar-refractivity contribution in [2.75, 3.05) is 6.61 Å². The molecule has 21 heavy (non-hydrogen) atoms. The zero-order valence-corrected chi connectivity index (χ0v) is 12.0. The maximum Gasteiger partial charge on any atom is 0.307 e. The van der Waals surface area contributed by atoms with E-state index in [1.54, 1.807) is 12.1 Å². The molecule has 1 aliphatic carbocycles. The molecular formula is C15H16ClNO4. The van der Waals surface area contributed by atoms with Crippen molar-refractivity contribution in [3.8, 4) is 0 Å². The molecule has 4 atom stereocenters. The van der Waals surface area contributed by atoms with Crippen LogP contribution in [0.1, 0.15) is 24.5 Å². The Kier molecular flexibility index (Phi) is 3.87. The molecule has 1 saturated heterocycles. The van der Waals surface area contributed by atoms with Gasteiger partial charge in [-0.15, -0.1) is 0 Å². The first-order chi connectivity index (χ1) is 10.1. The van der Waals surface area contributed by atoms with Gasteiger partial charge in [0.25, 0.3) is 0 Å². The molecule has 2 N–H and O–H groups in total. The number of carboxylic acid groups (broad SMARTS) is 1. The third-order valence-corrected chi connectivity index (χ3v) is 4.31. The predicted molar refractivity (Wildman–Crippen MR) is 75.9 cm³/mol. The van der Waals surface area contributed by atoms with Crippen molar-refractivity contribution in [3.63, 3.8) is 0 Å². The number of amides is 1. The number of hydrogen-bond donors (Lipinski definition) is 2. The maximum absolute atomic E-state index is 12.1. The van der Waals surface area contributed by atoms with Gasteiger partial charge in [-0.2, -0.15) is 0 Å². The summed E-state index contributed by atoms with van der Waals surface area (Å²) in [5.74, 6) is -2.00. The molecule has 0 unspecified atom stereocenters. The van der Waals surface area contributed by atoms with E-state index in [1.165, 1.54) is 0 Å². The van der Waals surface area contributed by atoms with Crippen LogP contribution < -0.4 is 5.32 Å². The number of carbonyl (C=O) groups excluding carboxylic acids is 1. The van der Waals surface area contributed by atoms with Gasteiger partial charge in [0, 0.05) is 11.6 Å². The van der Waals surface area contributed by atoms with E-state index >= 15 is 0 Å². The number of carbonyl (C=O) groups is 2. The van der Waals surface area contributed by atoms with E-state index in [0.717, 1.165) is 12.0 Å². The van der Waals surface area contributed by atoms with Crippen molar-refractivity contribution in [1.82, 2.24) is 5.32 Å². The molecule has 1 amide bonds. The fraction of sp³-hybridized carbons (Fsp3) is 0.467. The topological polar surface area (TPSA) is 75.6 Å². The van der Waals surface area contributed by atoms with Crippen LogP contribution in [0.5, 0.6) is 0 Å². The van der Waals surface area contributed by atoms with E-state index < -0.39 is 17.8 Å². The van der Waals surface area contributed by atoms with Crippen LogP contribution in [-0.2, 0) is 14.3 Å². The molecule has 3 rings (SSSR count). The van der Waals surface area contributed by atoms with Crippen LogP contribution in [0.25, 0.3) is 0 Å². The highest BCUT2D eigenvalue weighted by molar-refractivity contribution is 6.30. The van der Waals surface area contributed by atoms with Crippen LogP contribution in [0.15, 0.2) is 24.3 Å². The molecule has 0 spiro atoms. The minimum absolute atomic E-state index is 0.117. The lowest BCUT2D eigenvalue weighted by Crippen LogP contribution is -2.38. The number of halogens is 1. The third-order valence-electron chi connectivity index (χ3n) is 4.06. The van der Waals surface area contributed by atoms with Gasteiger partial charge >= 0.3 is 5.97 Å². The summed E-state index contributed by atoms with van der Waals surface area (Å²) >= 11 is 5.87. The van der Waals surface area contributed by atoms with Gasteiger partial charge < -0.3 is 15.2 Å². The van der Waals surface area contributed by atoms with Gasteiger partial charge in [0.1, 0.15) is 6.10 Å². The molecule has 0 radical (unpaired) electrons. The number of benzene rings is 1. The highest BCUT2D eigenvalue weighted by Gasteiger charge is 2.49. The number of aliphatic carboxylic acids is 1. The minimum Gasteiger partial charge on any atom is -0.481 e. The van der Waals surface area contributed by atoms with Crippen molar-refractivity contribution >= 4 is 23.5 Å². The van der Waals surface area contributed by atoms with E-state index in [-0.39, 0.29) is 18.1 Å². The summed E-state index contributed by atoms with van der Waals surface area (Å²) in [7, 11) is 0. The molecule has 112 valence electrons. The lowest BCUT2D eigenvalue weighted by molar-refractivity contribution is -0.140. The van der Waals surface area contributed by atoms with E-state index in [4.69, 9.17) is 21.4 Å². The highest BCUT2D eigenvalue weighted by Crippen LogP contribution is 2.39. The number of ether oxygens (including phenoxy) is 1. The SMILES string of the molecule is O=C(N[C@@H]1CCO[C@@H]1c1ccc(Cl)cc1)[C@H]1C[C@H]1C(=O)O. The molecule has 1 aromatic carbocycles. The van der Waals surface area contributed by atoms with Crippen molar-refractivity contribution < 1.29 is 19.4 Å². The summed E-state index contributed by atoms with van der Waals surface area (Å²) in [5.41, 5.74) is 0.966. The summed E-state index contributed by atoms with van der Waals surface area (Å²) < 4.78 is 5.69. The van der Waals surface area contributed by atoms with Gasteiger partial charge in [0.05, 0.1) is 17.9 Å². The first-order valence-electron chi connectivity index (χ1n) is 6.96. The van der Waals surface area contributed by atoms with Crippen molar-refractivity contribution in [2.24, 2.45) is 11.8 Å². The minimum atomic E-state index is -0.896. The smallest absolute Gasteiger partial charge is 0.307 e. The lowest BCUT2D eigenvalue weighted by Gasteiger charge is -2.20. The average molecular weight is 310 g/mol. The molecule has 1 saturated carbocycles. The lowest BCUT2D eigenvalue weighted by atomic mass is 10.0. The Morgan fingerprint density at radius 3 is 2.57 bits per heavy atom. The van der Waals surface area contributed by atoms with Crippen molar-refractivity contribution in [2.45, 2.75) is 25.0 Å². The average Bonchev–Trinajstić information content (AvgIpc) is 3.15. The fourth-order valence-corrected chi connectivity index (χ4v) is 2.89. The molecule has 6 heteroatoms. The van der Waals surface area contributed by atoms with Gasteiger partial charge in [-0.05, 0) is 30.5 Å². The number of rotatable bonds is 4. The van der Waals surface area contributed by atoms with E-state index in [1.807, 2.05) is 12.1 Å². The summed E-state index contributed by atoms with van der Waals surface area (Å²) in [4.78, 5) is 22.9. The van der Waals surface area contributed by atoms with Crippen LogP contribution in [0.2, 0.25) is 5.02 Å². The van der Waals surface area contributed by atoms with Gasteiger partial charge in [0.2, 0.25) is 5.91 Å². The summed E-state index contributed by atoms with van der Waals surface area (Å²) in [6, 6.07) is 7.23. The molecule has 2 fully saturated rings. The molecule has 2 aliphatic rings. The first kappa shape index (κ1) is 14.4. The van der Waals surface area contributed by atoms with Crippen LogP contribution in [0, 0.1) is 11.8 Å². The molecule has 1 aromatic rings. The van der Waals surface area contributed by atoms with E-state index in [2.05, 4.69) is 5.32 Å². The Morgan fingerprint density at radius 1 is 1.24 bits per heavy atom. The van der Waals surface area contributed by atoms with Gasteiger partial charge in [-0.1, -0.05) is 23.7 Å². The van der Waals surface area contributed by atoms with Gasteiger partial charge in [-0.25, -0.2) is 0 Å². The van der Waals surface area contributed by atoms with Gasteiger partial charge in [-0.3, -0.25) is 9.59 Å². The van der Waals surface area contributed by atoms with Crippen molar-refractivity contribution in [1.29, 1.82) is 0 Å². The standard InChI is InChI=1S/C15H16ClNO4/c16-9-3-1-8(2-4-9)13-12(5-6-21-13)17-14(18)10-7-11(10)15(19)20/h1-4,10-13H,5-7H2,(H,17,18)(H,19,20)/t10-,11+,12+,13+/m0/s1. The predicted octanol–water partition coefficient (Wildman–Crippen LogP) is 2.01. The number of hydrogen-bond acceptors (Lipinski definition) is 3. The number of carboxylic acids is 1. The largest absolute Gasteiger partial charge is 0.481 e. The molecule has 5 nitrogen and oxygen atoms in total. The van der Waals surface area contributed by atoms with E-state index in [0.29, 0.717) is 18.1 Å². The Hall–Kier alpha value is -1.59. The first-order valence-corrected chi connectivity index (χ1v) is 7.34. The zero-order valence-electron chi connectivity index (χ0n) is 11.3. The van der Waals surface area contributed by atoms with Crippen LogP contribution in [-0.4, -0.2) is 29.6 Å². The molecule has 0 bridgehead atoms. The Bertz CT molecular complexity index is 559. The van der Waals surface area contributed by atoms with E-state index in [9.17, 15) is 9.59 Å². The zero-order chi connectivity index (χ0) is 15.0. The van der Waals surface area contributed by atoms with Crippen molar-refractivity contribution in [3.05, 3.63) is 34.9 Å². The van der Waals surface area contributed by atoms with Gasteiger partial charge in [0.15, 0.2) is 0 Å². The van der Waals surface area contributed by atoms with Crippen LogP contribution in [0.3, 0.4) is 0 Å². The second-order valence-electron chi connectivity index (χ2n) is 5.53. The fourth-order valence-electron chi connectivity index (χ4n) is 2.77. The normalized spacial score (nSPS) is 30.9. The third kappa shape index (κ3) is 3.04. The Labute approximate surface area is 127 Å². The molecule has 1 heterocycles. The number of nitrogens with one attached hydrogen (secondary N) is 1. The quantitative estimate of drug-likeness (QED) is 0.892. The summed E-state index contributed by atoms with van der Waals surface area (Å²) in [5, 5.41) is 12.5. The molecule has 1 aliphatic heterocycles. The summed E-state index contributed by atoms with van der Waals surface area (Å²) in [6.45, 7) is 0.575. The van der Waals surface area contributed by atoms with Crippen LogP contribution in [0.4, 0.5) is 0 Å². The summed E-state index contributed by atoms with van der Waals surface area (Å²) in [6.07, 6.45) is 0.956. The second-order valence-corrected chi connectivity index (χ2v) is 5.97. The molecular weight excluding hydrogens is 294 g/mol. The monoisotopic (exact) mass is 309 g/mol. The highest BCUT2D eigenvalue weighted by atomic mass is 35.5.